The van der Waals surface area contributed by atoms with Crippen molar-refractivity contribution in [1.82, 2.24) is 24.6 Å². The highest BCUT2D eigenvalue weighted by atomic mass is 32.1. The Morgan fingerprint density at radius 1 is 1.29 bits per heavy atom. The molecule has 0 aliphatic carbocycles. The van der Waals surface area contributed by atoms with Gasteiger partial charge in [0, 0.05) is 54.4 Å². The molecule has 3 aromatic heterocycles. The van der Waals surface area contributed by atoms with E-state index in [9.17, 15) is 9.18 Å². The van der Waals surface area contributed by atoms with Crippen molar-refractivity contribution in [2.75, 3.05) is 13.1 Å². The van der Waals surface area contributed by atoms with E-state index in [0.29, 0.717) is 31.9 Å². The van der Waals surface area contributed by atoms with Crippen molar-refractivity contribution in [1.29, 1.82) is 0 Å². The van der Waals surface area contributed by atoms with E-state index in [-0.39, 0.29) is 23.9 Å². The van der Waals surface area contributed by atoms with Crippen LogP contribution in [0.2, 0.25) is 0 Å². The molecule has 1 saturated heterocycles. The summed E-state index contributed by atoms with van der Waals surface area (Å²) in [7, 11) is 0. The molecule has 0 radical (unpaired) electrons. The van der Waals surface area contributed by atoms with E-state index in [4.69, 9.17) is 4.74 Å². The van der Waals surface area contributed by atoms with Gasteiger partial charge in [-0.3, -0.25) is 9.20 Å². The van der Waals surface area contributed by atoms with Crippen LogP contribution in [0.4, 0.5) is 4.39 Å². The molecule has 0 bridgehead atoms. The third-order valence-corrected chi connectivity index (χ3v) is 6.27. The first-order valence-electron chi connectivity index (χ1n) is 10.3. The lowest BCUT2D eigenvalue weighted by molar-refractivity contribution is -0.0587. The molecule has 4 heterocycles. The maximum atomic E-state index is 13.4. The minimum absolute atomic E-state index is 0.00450. The van der Waals surface area contributed by atoms with Crippen LogP contribution < -0.4 is 5.32 Å². The van der Waals surface area contributed by atoms with Crippen molar-refractivity contribution in [3.05, 3.63) is 58.7 Å². The molecule has 162 valence electrons. The minimum atomic E-state index is -0.250. The quantitative estimate of drug-likeness (QED) is 0.497. The molecule has 1 aromatic carbocycles. The summed E-state index contributed by atoms with van der Waals surface area (Å²) in [5.74, 6) is -0.309. The predicted molar refractivity (Wildman–Crippen MR) is 118 cm³/mol. The summed E-state index contributed by atoms with van der Waals surface area (Å²) in [6.45, 7) is 6.14. The van der Waals surface area contributed by atoms with Crippen LogP contribution in [-0.2, 0) is 17.8 Å². The number of aromatic nitrogens is 3. The second kappa shape index (κ2) is 8.07. The van der Waals surface area contributed by atoms with Gasteiger partial charge in [-0.05, 0) is 38.1 Å². The van der Waals surface area contributed by atoms with Crippen LogP contribution in [0.15, 0.2) is 35.8 Å². The fourth-order valence-corrected chi connectivity index (χ4v) is 4.97. The number of hydrogen-bond donors (Lipinski definition) is 2. The molecule has 0 saturated carbocycles. The van der Waals surface area contributed by atoms with Gasteiger partial charge < -0.3 is 19.9 Å². The Bertz CT molecular complexity index is 1240. The zero-order chi connectivity index (χ0) is 21.5. The highest BCUT2D eigenvalue weighted by Crippen LogP contribution is 2.22. The third kappa shape index (κ3) is 3.96. The number of halogens is 1. The fourth-order valence-electron chi connectivity index (χ4n) is 4.24. The number of aromatic amines is 1. The normalized spacial score (nSPS) is 19.5. The summed E-state index contributed by atoms with van der Waals surface area (Å²) in [6.07, 6.45) is 1.95. The van der Waals surface area contributed by atoms with Gasteiger partial charge in [0.1, 0.15) is 5.82 Å². The van der Waals surface area contributed by atoms with Gasteiger partial charge in [0.15, 0.2) is 10.7 Å². The number of nitrogens with one attached hydrogen (secondary N) is 2. The number of H-pyrrole nitrogens is 1. The first kappa shape index (κ1) is 20.2. The molecule has 1 fully saturated rings. The number of fused-ring (bicyclic) bond motifs is 2. The SMILES string of the molecule is C[C@@H]1CN(C(=O)c2nc3sccn3c2CNCc2cc3cc(F)ccc3[nH]2)C[C@H](C)O1. The van der Waals surface area contributed by atoms with E-state index in [2.05, 4.69) is 15.3 Å². The Morgan fingerprint density at radius 2 is 2.10 bits per heavy atom. The van der Waals surface area contributed by atoms with Crippen LogP contribution in [0.25, 0.3) is 15.9 Å². The van der Waals surface area contributed by atoms with Crippen LogP contribution in [0.5, 0.6) is 0 Å². The van der Waals surface area contributed by atoms with Crippen molar-refractivity contribution in [3.8, 4) is 0 Å². The number of ether oxygens (including phenoxy) is 1. The number of carbonyl (C=O) groups is 1. The van der Waals surface area contributed by atoms with Crippen LogP contribution in [0.3, 0.4) is 0 Å². The molecular weight excluding hydrogens is 417 g/mol. The molecule has 4 aromatic rings. The van der Waals surface area contributed by atoms with Crippen LogP contribution >= 0.6 is 11.3 Å². The monoisotopic (exact) mass is 441 g/mol. The van der Waals surface area contributed by atoms with E-state index in [1.54, 1.807) is 6.07 Å². The third-order valence-electron chi connectivity index (χ3n) is 5.52. The summed E-state index contributed by atoms with van der Waals surface area (Å²) in [5, 5.41) is 6.20. The molecule has 1 aliphatic heterocycles. The summed E-state index contributed by atoms with van der Waals surface area (Å²) >= 11 is 1.51. The van der Waals surface area contributed by atoms with Gasteiger partial charge in [0.05, 0.1) is 17.9 Å². The molecule has 31 heavy (non-hydrogen) atoms. The van der Waals surface area contributed by atoms with Crippen molar-refractivity contribution >= 4 is 33.1 Å². The summed E-state index contributed by atoms with van der Waals surface area (Å²) in [6, 6.07) is 6.63. The van der Waals surface area contributed by atoms with E-state index in [1.165, 1.54) is 23.5 Å². The number of benzene rings is 1. The standard InChI is InChI=1S/C22H24FN5O2S/c1-13-11-27(12-14(2)30-13)21(29)20-19(28-5-6-31-22(28)26-20)10-24-9-17-8-15-7-16(23)3-4-18(15)25-17/h3-8,13-14,24-25H,9-12H2,1-2H3/t13-,14+. The number of nitrogens with zero attached hydrogens (tertiary/aromatic N) is 3. The first-order chi connectivity index (χ1) is 15.0. The molecule has 1 aliphatic rings. The number of carbonyl (C=O) groups excluding carboxylic acids is 1. The molecule has 0 unspecified atom stereocenters. The second-order valence-corrected chi connectivity index (χ2v) is 8.93. The minimum Gasteiger partial charge on any atom is -0.372 e. The number of hydrogen-bond acceptors (Lipinski definition) is 5. The molecule has 5 rings (SSSR count). The second-order valence-electron chi connectivity index (χ2n) is 8.06. The van der Waals surface area contributed by atoms with Gasteiger partial charge in [-0.25, -0.2) is 9.37 Å². The average Bonchev–Trinajstić information content (AvgIpc) is 3.41. The summed E-state index contributed by atoms with van der Waals surface area (Å²) in [4.78, 5) is 23.9. The topological polar surface area (TPSA) is 74.7 Å². The van der Waals surface area contributed by atoms with Gasteiger partial charge in [-0.2, -0.15) is 0 Å². The molecule has 2 N–H and O–H groups in total. The number of imidazole rings is 1. The molecule has 1 amide bonds. The van der Waals surface area contributed by atoms with Crippen LogP contribution in [0.1, 0.15) is 35.7 Å². The largest absolute Gasteiger partial charge is 0.372 e. The number of morpholine rings is 1. The zero-order valence-electron chi connectivity index (χ0n) is 17.4. The van der Waals surface area contributed by atoms with E-state index in [0.717, 1.165) is 27.3 Å². The molecule has 0 spiro atoms. The maximum Gasteiger partial charge on any atom is 0.274 e. The highest BCUT2D eigenvalue weighted by Gasteiger charge is 2.30. The Kier molecular flexibility index (Phi) is 5.25. The zero-order valence-corrected chi connectivity index (χ0v) is 18.2. The fraction of sp³-hybridized carbons (Fsp3) is 0.364. The lowest BCUT2D eigenvalue weighted by Gasteiger charge is -2.35. The number of thiazole rings is 1. The van der Waals surface area contributed by atoms with Crippen LogP contribution in [-0.4, -0.2) is 50.5 Å². The number of amides is 1. The lowest BCUT2D eigenvalue weighted by atomic mass is 10.2. The van der Waals surface area contributed by atoms with E-state index < -0.39 is 0 Å². The summed E-state index contributed by atoms with van der Waals surface area (Å²) in [5.41, 5.74) is 3.18. The molecule has 9 heteroatoms. The van der Waals surface area contributed by atoms with Gasteiger partial charge >= 0.3 is 0 Å². The maximum absolute atomic E-state index is 13.4. The summed E-state index contributed by atoms with van der Waals surface area (Å²) < 4.78 is 21.2. The van der Waals surface area contributed by atoms with Crippen molar-refractivity contribution in [3.63, 3.8) is 0 Å². The lowest BCUT2D eigenvalue weighted by Crippen LogP contribution is -2.48. The Hall–Kier alpha value is -2.75. The van der Waals surface area contributed by atoms with Gasteiger partial charge in [0.25, 0.3) is 5.91 Å². The van der Waals surface area contributed by atoms with Gasteiger partial charge in [0.2, 0.25) is 0 Å². The highest BCUT2D eigenvalue weighted by molar-refractivity contribution is 7.15. The van der Waals surface area contributed by atoms with Gasteiger partial charge in [-0.15, -0.1) is 11.3 Å². The molecule has 7 nitrogen and oxygen atoms in total. The van der Waals surface area contributed by atoms with Crippen molar-refractivity contribution in [2.45, 2.75) is 39.1 Å². The molecule has 2 atom stereocenters. The van der Waals surface area contributed by atoms with E-state index >= 15 is 0 Å². The predicted octanol–water partition coefficient (Wildman–Crippen LogP) is 3.56. The Morgan fingerprint density at radius 3 is 2.90 bits per heavy atom. The Labute approximate surface area is 182 Å². The van der Waals surface area contributed by atoms with Crippen LogP contribution in [0, 0.1) is 5.82 Å². The van der Waals surface area contributed by atoms with Crippen molar-refractivity contribution in [2.24, 2.45) is 0 Å². The van der Waals surface area contributed by atoms with Crippen molar-refractivity contribution < 1.29 is 13.9 Å². The average molecular weight is 442 g/mol. The van der Waals surface area contributed by atoms with E-state index in [1.807, 2.05) is 40.8 Å². The smallest absolute Gasteiger partial charge is 0.274 e. The van der Waals surface area contributed by atoms with Gasteiger partial charge in [-0.1, -0.05) is 0 Å². The first-order valence-corrected chi connectivity index (χ1v) is 11.2. The Balaban J connectivity index is 1.35. The molecular formula is C22H24FN5O2S. The number of rotatable bonds is 5.